The summed E-state index contributed by atoms with van der Waals surface area (Å²) in [6.45, 7) is 2.55. The van der Waals surface area contributed by atoms with E-state index in [0.717, 1.165) is 52.8 Å². The summed E-state index contributed by atoms with van der Waals surface area (Å²) in [5.74, 6) is 2.51. The molecule has 2 aromatic carbocycles. The minimum Gasteiger partial charge on any atom is -0.489 e. The minimum absolute atomic E-state index is 0.517. The van der Waals surface area contributed by atoms with E-state index in [2.05, 4.69) is 32.7 Å². The van der Waals surface area contributed by atoms with Gasteiger partial charge in [0.2, 0.25) is 0 Å². The zero-order valence-corrected chi connectivity index (χ0v) is 17.5. The lowest BCUT2D eigenvalue weighted by molar-refractivity contribution is 0.306. The summed E-state index contributed by atoms with van der Waals surface area (Å²) in [5, 5.41) is 7.00. The summed E-state index contributed by atoms with van der Waals surface area (Å²) in [4.78, 5) is 12.7. The summed E-state index contributed by atoms with van der Waals surface area (Å²) in [5.41, 5.74) is 3.81. The molecule has 0 spiro atoms. The number of fused-ring (bicyclic) bond motifs is 1. The molecule has 0 saturated carbocycles. The second-order valence-corrected chi connectivity index (χ2v) is 7.98. The van der Waals surface area contributed by atoms with Crippen molar-refractivity contribution in [1.29, 1.82) is 0 Å². The number of benzene rings is 2. The molecule has 158 valence electrons. The molecule has 1 atom stereocenters. The lowest BCUT2D eigenvalue weighted by atomic mass is 10.1. The highest BCUT2D eigenvalue weighted by Gasteiger charge is 2.13. The normalized spacial score (nSPS) is 16.3. The van der Waals surface area contributed by atoms with Gasteiger partial charge in [0.1, 0.15) is 24.0 Å². The van der Waals surface area contributed by atoms with Crippen molar-refractivity contribution in [1.82, 2.24) is 20.3 Å². The first kappa shape index (κ1) is 19.6. The van der Waals surface area contributed by atoms with Gasteiger partial charge in [0.25, 0.3) is 0 Å². The van der Waals surface area contributed by atoms with Gasteiger partial charge in [0.15, 0.2) is 5.65 Å². The molecular weight excluding hydrogens is 386 g/mol. The van der Waals surface area contributed by atoms with Crippen LogP contribution in [0.4, 0.5) is 5.82 Å². The van der Waals surface area contributed by atoms with Crippen LogP contribution in [0.5, 0.6) is 5.75 Å². The highest BCUT2D eigenvalue weighted by atomic mass is 16.5. The number of aromatic amines is 1. The molecule has 0 bridgehead atoms. The van der Waals surface area contributed by atoms with Gasteiger partial charge in [-0.05, 0) is 61.3 Å². The smallest absolute Gasteiger partial charge is 0.180 e. The van der Waals surface area contributed by atoms with E-state index in [0.29, 0.717) is 12.6 Å². The summed E-state index contributed by atoms with van der Waals surface area (Å²) < 4.78 is 5.88. The molecule has 2 aromatic heterocycles. The molecule has 6 nitrogen and oxygen atoms in total. The Bertz CT molecular complexity index is 1120. The average molecular weight is 414 g/mol. The van der Waals surface area contributed by atoms with Crippen LogP contribution in [0.25, 0.3) is 22.6 Å². The predicted molar refractivity (Wildman–Crippen MR) is 124 cm³/mol. The summed E-state index contributed by atoms with van der Waals surface area (Å²) >= 11 is 0. The maximum absolute atomic E-state index is 5.88. The SMILES string of the molecule is c1ccc(COc2ccc(-c3nc4nc(NCC5CCCCN5)ccc4[nH]3)cc2)cc1. The van der Waals surface area contributed by atoms with Crippen LogP contribution in [0, 0.1) is 0 Å². The number of hydrogen-bond donors (Lipinski definition) is 3. The molecule has 0 radical (unpaired) electrons. The van der Waals surface area contributed by atoms with Crippen molar-refractivity contribution in [2.75, 3.05) is 18.4 Å². The largest absolute Gasteiger partial charge is 0.489 e. The lowest BCUT2D eigenvalue weighted by Crippen LogP contribution is -2.39. The molecule has 4 aromatic rings. The third-order valence-electron chi connectivity index (χ3n) is 5.66. The van der Waals surface area contributed by atoms with Crippen molar-refractivity contribution >= 4 is 17.0 Å². The first-order chi connectivity index (χ1) is 15.3. The molecule has 1 aliphatic heterocycles. The number of nitrogens with one attached hydrogen (secondary N) is 3. The van der Waals surface area contributed by atoms with Gasteiger partial charge < -0.3 is 20.4 Å². The topological polar surface area (TPSA) is 74.9 Å². The average Bonchev–Trinajstić information content (AvgIpc) is 3.26. The quantitative estimate of drug-likeness (QED) is 0.407. The number of ether oxygens (including phenoxy) is 1. The highest BCUT2D eigenvalue weighted by molar-refractivity contribution is 5.77. The van der Waals surface area contributed by atoms with Gasteiger partial charge in [0.05, 0.1) is 5.52 Å². The van der Waals surface area contributed by atoms with Crippen LogP contribution in [-0.4, -0.2) is 34.1 Å². The van der Waals surface area contributed by atoms with Crippen LogP contribution >= 0.6 is 0 Å². The second kappa shape index (κ2) is 9.18. The second-order valence-electron chi connectivity index (χ2n) is 7.98. The van der Waals surface area contributed by atoms with Gasteiger partial charge >= 0.3 is 0 Å². The van der Waals surface area contributed by atoms with E-state index >= 15 is 0 Å². The van der Waals surface area contributed by atoms with Crippen LogP contribution < -0.4 is 15.4 Å². The molecule has 3 N–H and O–H groups in total. The Labute approximate surface area is 182 Å². The van der Waals surface area contributed by atoms with Crippen LogP contribution in [-0.2, 0) is 6.61 Å². The molecule has 31 heavy (non-hydrogen) atoms. The van der Waals surface area contributed by atoms with Gasteiger partial charge in [-0.25, -0.2) is 9.97 Å². The predicted octanol–water partition coefficient (Wildman–Crippen LogP) is 4.76. The first-order valence-corrected chi connectivity index (χ1v) is 10.9. The molecule has 1 saturated heterocycles. The fraction of sp³-hybridized carbons (Fsp3) is 0.280. The maximum atomic E-state index is 5.88. The molecular formula is C25H27N5O. The van der Waals surface area contributed by atoms with Crippen LogP contribution in [0.15, 0.2) is 66.7 Å². The number of nitrogens with zero attached hydrogens (tertiary/aromatic N) is 2. The Morgan fingerprint density at radius 2 is 1.81 bits per heavy atom. The number of imidazole rings is 1. The number of anilines is 1. The number of H-pyrrole nitrogens is 1. The van der Waals surface area contributed by atoms with Crippen LogP contribution in [0.1, 0.15) is 24.8 Å². The summed E-state index contributed by atoms with van der Waals surface area (Å²) in [6, 6.07) is 22.7. The number of piperidine rings is 1. The number of pyridine rings is 1. The Hall–Kier alpha value is -3.38. The van der Waals surface area contributed by atoms with E-state index in [1.165, 1.54) is 19.3 Å². The Kier molecular flexibility index (Phi) is 5.80. The molecule has 0 amide bonds. The molecule has 3 heterocycles. The summed E-state index contributed by atoms with van der Waals surface area (Å²) in [6.07, 6.45) is 3.79. The molecule has 1 unspecified atom stereocenters. The van der Waals surface area contributed by atoms with Gasteiger partial charge in [-0.3, -0.25) is 0 Å². The van der Waals surface area contributed by atoms with Crippen molar-refractivity contribution in [3.63, 3.8) is 0 Å². The van der Waals surface area contributed by atoms with E-state index in [1.807, 2.05) is 54.6 Å². The van der Waals surface area contributed by atoms with Gasteiger partial charge in [-0.2, -0.15) is 0 Å². The van der Waals surface area contributed by atoms with Crippen molar-refractivity contribution in [3.05, 3.63) is 72.3 Å². The van der Waals surface area contributed by atoms with Crippen LogP contribution in [0.3, 0.4) is 0 Å². The zero-order chi connectivity index (χ0) is 20.9. The monoisotopic (exact) mass is 413 g/mol. The Morgan fingerprint density at radius 1 is 0.935 bits per heavy atom. The van der Waals surface area contributed by atoms with E-state index < -0.39 is 0 Å². The van der Waals surface area contributed by atoms with Gasteiger partial charge in [-0.1, -0.05) is 36.8 Å². The van der Waals surface area contributed by atoms with E-state index in [1.54, 1.807) is 0 Å². The van der Waals surface area contributed by atoms with E-state index in [-0.39, 0.29) is 0 Å². The third kappa shape index (κ3) is 4.86. The number of rotatable bonds is 7. The lowest BCUT2D eigenvalue weighted by Gasteiger charge is -2.23. The van der Waals surface area contributed by atoms with E-state index in [4.69, 9.17) is 9.72 Å². The van der Waals surface area contributed by atoms with Crippen molar-refractivity contribution in [3.8, 4) is 17.1 Å². The van der Waals surface area contributed by atoms with Crippen molar-refractivity contribution in [2.45, 2.75) is 31.9 Å². The molecule has 1 fully saturated rings. The molecule has 5 rings (SSSR count). The van der Waals surface area contributed by atoms with Crippen molar-refractivity contribution in [2.24, 2.45) is 0 Å². The third-order valence-corrected chi connectivity index (χ3v) is 5.66. The number of hydrogen-bond acceptors (Lipinski definition) is 5. The van der Waals surface area contributed by atoms with Crippen molar-refractivity contribution < 1.29 is 4.74 Å². The summed E-state index contributed by atoms with van der Waals surface area (Å²) in [7, 11) is 0. The van der Waals surface area contributed by atoms with Crippen LogP contribution in [0.2, 0.25) is 0 Å². The fourth-order valence-electron chi connectivity index (χ4n) is 3.90. The van der Waals surface area contributed by atoms with E-state index in [9.17, 15) is 0 Å². The standard InChI is InChI=1S/C25H27N5O/c1-2-6-18(7-3-1)17-31-21-11-9-19(10-12-21)24-28-22-13-14-23(29-25(22)30-24)27-16-20-8-4-5-15-26-20/h1-3,6-7,9-14,20,26H,4-5,8,15-17H2,(H2,27,28,29,30). The van der Waals surface area contributed by atoms with Gasteiger partial charge in [0, 0.05) is 18.2 Å². The Morgan fingerprint density at radius 3 is 2.61 bits per heavy atom. The molecule has 0 aliphatic carbocycles. The molecule has 6 heteroatoms. The van der Waals surface area contributed by atoms with Gasteiger partial charge in [-0.15, -0.1) is 0 Å². The Balaban J connectivity index is 1.24. The zero-order valence-electron chi connectivity index (χ0n) is 17.5. The minimum atomic E-state index is 0.517. The number of aromatic nitrogens is 3. The highest BCUT2D eigenvalue weighted by Crippen LogP contribution is 2.23. The molecule has 1 aliphatic rings. The maximum Gasteiger partial charge on any atom is 0.180 e. The first-order valence-electron chi connectivity index (χ1n) is 10.9. The fourth-order valence-corrected chi connectivity index (χ4v) is 3.90.